The highest BCUT2D eigenvalue weighted by Crippen LogP contribution is 2.06. The average molecular weight is 322 g/mol. The first kappa shape index (κ1) is 19.0. The van der Waals surface area contributed by atoms with Crippen LogP contribution in [0.3, 0.4) is 0 Å². The number of rotatable bonds is 8. The van der Waals surface area contributed by atoms with Gasteiger partial charge in [-0.1, -0.05) is 30.3 Å². The smallest absolute Gasteiger partial charge is 0.407 e. The van der Waals surface area contributed by atoms with Crippen molar-refractivity contribution < 1.29 is 19.1 Å². The monoisotopic (exact) mass is 322 g/mol. The Bertz CT molecular complexity index is 483. The van der Waals surface area contributed by atoms with Gasteiger partial charge in [-0.3, -0.25) is 4.79 Å². The van der Waals surface area contributed by atoms with E-state index in [1.807, 2.05) is 51.1 Å². The van der Waals surface area contributed by atoms with Gasteiger partial charge in [-0.05, 0) is 39.3 Å². The Morgan fingerprint density at radius 2 is 1.78 bits per heavy atom. The molecule has 0 aliphatic rings. The molecule has 0 saturated carbocycles. The average Bonchev–Trinajstić information content (AvgIpc) is 2.48. The van der Waals surface area contributed by atoms with Crippen molar-refractivity contribution in [3.8, 4) is 0 Å². The molecule has 2 N–H and O–H groups in total. The summed E-state index contributed by atoms with van der Waals surface area (Å²) in [6.45, 7) is 6.99. The molecule has 128 valence electrons. The molecule has 6 nitrogen and oxygen atoms in total. The third-order valence-electron chi connectivity index (χ3n) is 2.70. The van der Waals surface area contributed by atoms with E-state index >= 15 is 0 Å². The maximum absolute atomic E-state index is 11.5. The standard InChI is InChI=1S/C17H26N2O4/c1-17(2,3)23-15(20)12-18-10-7-11-19-16(21)22-13-14-8-5-4-6-9-14/h4-6,8-9,18H,7,10-13H2,1-3H3,(H,19,21). The van der Waals surface area contributed by atoms with Crippen LogP contribution in [0.25, 0.3) is 0 Å². The minimum Gasteiger partial charge on any atom is -0.459 e. The van der Waals surface area contributed by atoms with Gasteiger partial charge in [0.15, 0.2) is 0 Å². The summed E-state index contributed by atoms with van der Waals surface area (Å²) in [7, 11) is 0. The number of hydrogen-bond donors (Lipinski definition) is 2. The molecule has 0 aromatic heterocycles. The molecule has 6 heteroatoms. The van der Waals surface area contributed by atoms with E-state index in [4.69, 9.17) is 9.47 Å². The topological polar surface area (TPSA) is 76.7 Å². The normalized spacial score (nSPS) is 10.9. The van der Waals surface area contributed by atoms with Crippen molar-refractivity contribution >= 4 is 12.1 Å². The van der Waals surface area contributed by atoms with Crippen LogP contribution < -0.4 is 10.6 Å². The molecule has 0 spiro atoms. The number of ether oxygens (including phenoxy) is 2. The SMILES string of the molecule is CC(C)(C)OC(=O)CNCCCNC(=O)OCc1ccccc1. The summed E-state index contributed by atoms with van der Waals surface area (Å²) in [6.07, 6.45) is 0.254. The van der Waals surface area contributed by atoms with Crippen LogP contribution in [0.5, 0.6) is 0 Å². The van der Waals surface area contributed by atoms with Crippen molar-refractivity contribution in [3.05, 3.63) is 35.9 Å². The van der Waals surface area contributed by atoms with Crippen LogP contribution in [-0.4, -0.2) is 37.3 Å². The van der Waals surface area contributed by atoms with E-state index in [-0.39, 0.29) is 19.1 Å². The molecular weight excluding hydrogens is 296 g/mol. The highest BCUT2D eigenvalue weighted by atomic mass is 16.6. The number of benzene rings is 1. The Morgan fingerprint density at radius 1 is 1.09 bits per heavy atom. The highest BCUT2D eigenvalue weighted by Gasteiger charge is 2.15. The Hall–Kier alpha value is -2.08. The number of nitrogens with one attached hydrogen (secondary N) is 2. The molecule has 1 rings (SSSR count). The second-order valence-electron chi connectivity index (χ2n) is 6.11. The molecule has 0 aliphatic heterocycles. The fourth-order valence-corrected chi connectivity index (χ4v) is 1.75. The van der Waals surface area contributed by atoms with Gasteiger partial charge in [0.05, 0.1) is 6.54 Å². The number of alkyl carbamates (subject to hydrolysis) is 1. The van der Waals surface area contributed by atoms with Crippen molar-refractivity contribution in [2.45, 2.75) is 39.4 Å². The first-order valence-corrected chi connectivity index (χ1v) is 7.74. The summed E-state index contributed by atoms with van der Waals surface area (Å²) in [5.41, 5.74) is 0.477. The highest BCUT2D eigenvalue weighted by molar-refractivity contribution is 5.72. The van der Waals surface area contributed by atoms with Crippen molar-refractivity contribution in [1.82, 2.24) is 10.6 Å². The number of amides is 1. The zero-order valence-electron chi connectivity index (χ0n) is 14.1. The quantitative estimate of drug-likeness (QED) is 0.567. The maximum Gasteiger partial charge on any atom is 0.407 e. The largest absolute Gasteiger partial charge is 0.459 e. The molecule has 0 fully saturated rings. The Kier molecular flexibility index (Phi) is 8.11. The lowest BCUT2D eigenvalue weighted by Gasteiger charge is -2.19. The van der Waals surface area contributed by atoms with Crippen LogP contribution in [0.4, 0.5) is 4.79 Å². The molecule has 1 amide bonds. The number of esters is 1. The van der Waals surface area contributed by atoms with Gasteiger partial charge in [-0.25, -0.2) is 4.79 Å². The lowest BCUT2D eigenvalue weighted by atomic mass is 10.2. The lowest BCUT2D eigenvalue weighted by molar-refractivity contribution is -0.153. The molecule has 0 radical (unpaired) electrons. The predicted octanol–water partition coefficient (Wildman–Crippen LogP) is 2.23. The summed E-state index contributed by atoms with van der Waals surface area (Å²) in [4.78, 5) is 22.9. The molecule has 0 atom stereocenters. The Balaban J connectivity index is 2.00. The second kappa shape index (κ2) is 9.84. The van der Waals surface area contributed by atoms with Gasteiger partial charge in [0, 0.05) is 6.54 Å². The van der Waals surface area contributed by atoms with Crippen molar-refractivity contribution in [2.24, 2.45) is 0 Å². The van der Waals surface area contributed by atoms with E-state index < -0.39 is 11.7 Å². The van der Waals surface area contributed by atoms with Crippen LogP contribution in [0, 0.1) is 0 Å². The van der Waals surface area contributed by atoms with E-state index in [0.29, 0.717) is 19.5 Å². The molecule has 0 unspecified atom stereocenters. The van der Waals surface area contributed by atoms with E-state index in [9.17, 15) is 9.59 Å². The number of hydrogen-bond acceptors (Lipinski definition) is 5. The number of carbonyl (C=O) groups is 2. The van der Waals surface area contributed by atoms with E-state index in [2.05, 4.69) is 10.6 Å². The zero-order chi connectivity index (χ0) is 17.1. The van der Waals surface area contributed by atoms with Crippen molar-refractivity contribution in [1.29, 1.82) is 0 Å². The maximum atomic E-state index is 11.5. The predicted molar refractivity (Wildman–Crippen MR) is 88.0 cm³/mol. The van der Waals surface area contributed by atoms with Gasteiger partial charge >= 0.3 is 12.1 Å². The molecule has 1 aromatic carbocycles. The van der Waals surface area contributed by atoms with E-state index in [0.717, 1.165) is 5.56 Å². The summed E-state index contributed by atoms with van der Waals surface area (Å²) in [6, 6.07) is 9.50. The van der Waals surface area contributed by atoms with Crippen LogP contribution in [0.15, 0.2) is 30.3 Å². The zero-order valence-corrected chi connectivity index (χ0v) is 14.1. The van der Waals surface area contributed by atoms with Gasteiger partial charge in [-0.15, -0.1) is 0 Å². The summed E-state index contributed by atoms with van der Waals surface area (Å²) < 4.78 is 10.2. The summed E-state index contributed by atoms with van der Waals surface area (Å²) in [5.74, 6) is -0.285. The van der Waals surface area contributed by atoms with E-state index in [1.54, 1.807) is 0 Å². The fourth-order valence-electron chi connectivity index (χ4n) is 1.75. The van der Waals surface area contributed by atoms with Crippen LogP contribution in [0.1, 0.15) is 32.8 Å². The van der Waals surface area contributed by atoms with Gasteiger partial charge in [-0.2, -0.15) is 0 Å². The van der Waals surface area contributed by atoms with Crippen LogP contribution in [0.2, 0.25) is 0 Å². The molecular formula is C17H26N2O4. The van der Waals surface area contributed by atoms with Crippen LogP contribution >= 0.6 is 0 Å². The molecule has 0 bridgehead atoms. The van der Waals surface area contributed by atoms with Crippen molar-refractivity contribution in [2.75, 3.05) is 19.6 Å². The third-order valence-corrected chi connectivity index (χ3v) is 2.70. The van der Waals surface area contributed by atoms with Gasteiger partial charge in [0.2, 0.25) is 0 Å². The number of carbonyl (C=O) groups excluding carboxylic acids is 2. The van der Waals surface area contributed by atoms with Gasteiger partial charge < -0.3 is 20.1 Å². The Labute approximate surface area is 137 Å². The lowest BCUT2D eigenvalue weighted by Crippen LogP contribution is -2.33. The first-order valence-electron chi connectivity index (χ1n) is 7.74. The van der Waals surface area contributed by atoms with Gasteiger partial charge in [0.25, 0.3) is 0 Å². The molecule has 0 aliphatic carbocycles. The Morgan fingerprint density at radius 3 is 2.43 bits per heavy atom. The first-order chi connectivity index (χ1) is 10.9. The second-order valence-corrected chi connectivity index (χ2v) is 6.11. The molecule has 23 heavy (non-hydrogen) atoms. The molecule has 1 aromatic rings. The molecule has 0 saturated heterocycles. The fraction of sp³-hybridized carbons (Fsp3) is 0.529. The van der Waals surface area contributed by atoms with Crippen LogP contribution in [-0.2, 0) is 20.9 Å². The minimum atomic E-state index is -0.469. The summed E-state index contributed by atoms with van der Waals surface area (Å²) >= 11 is 0. The minimum absolute atomic E-state index is 0.162. The third kappa shape index (κ3) is 10.3. The summed E-state index contributed by atoms with van der Waals surface area (Å²) in [5, 5.41) is 5.63. The van der Waals surface area contributed by atoms with Gasteiger partial charge in [0.1, 0.15) is 12.2 Å². The van der Waals surface area contributed by atoms with E-state index in [1.165, 1.54) is 0 Å². The molecule has 0 heterocycles. The van der Waals surface area contributed by atoms with Crippen molar-refractivity contribution in [3.63, 3.8) is 0 Å².